The quantitative estimate of drug-likeness (QED) is 0.501. The largest absolute Gasteiger partial charge is 0.426 e. The van der Waals surface area contributed by atoms with E-state index in [1.165, 1.54) is 31.3 Å². The van der Waals surface area contributed by atoms with Crippen LogP contribution in [0.1, 0.15) is 67.7 Å². The van der Waals surface area contributed by atoms with Gasteiger partial charge in [-0.3, -0.25) is 24.2 Å². The van der Waals surface area contributed by atoms with E-state index in [1.54, 1.807) is 0 Å². The summed E-state index contributed by atoms with van der Waals surface area (Å²) in [5.41, 5.74) is 1.16. The van der Waals surface area contributed by atoms with Gasteiger partial charge >= 0.3 is 5.97 Å². The lowest BCUT2D eigenvalue weighted by Crippen LogP contribution is -2.28. The molecule has 124 valence electrons. The predicted molar refractivity (Wildman–Crippen MR) is 86.1 cm³/mol. The number of fused-ring (bicyclic) bond motifs is 4. The Labute approximate surface area is 142 Å². The first-order chi connectivity index (χ1) is 12.0. The monoisotopic (exact) mass is 335 g/mol. The molecule has 2 aromatic rings. The summed E-state index contributed by atoms with van der Waals surface area (Å²) in [5, 5.41) is 0. The highest BCUT2D eigenvalue weighted by Crippen LogP contribution is 2.36. The Morgan fingerprint density at radius 1 is 1.04 bits per heavy atom. The highest BCUT2D eigenvalue weighted by atomic mass is 16.5. The van der Waals surface area contributed by atoms with Crippen molar-refractivity contribution in [2.75, 3.05) is 0 Å². The first kappa shape index (κ1) is 15.4. The van der Waals surface area contributed by atoms with Crippen molar-refractivity contribution in [2.45, 2.75) is 26.2 Å². The van der Waals surface area contributed by atoms with Gasteiger partial charge in [0.15, 0.2) is 5.78 Å². The normalized spacial score (nSPS) is 15.3. The maximum atomic E-state index is 13.1. The first-order valence-corrected chi connectivity index (χ1v) is 7.95. The molecule has 1 aromatic carbocycles. The summed E-state index contributed by atoms with van der Waals surface area (Å²) in [5.74, 6) is -1.67. The standard InChI is InChI=1S/C19H13NO5/c1-9(21)25-13-7-3-5-11-15(13)19(24)16-14-10(4-2-6-12(14)22)8-20-17(16)18(11)23/h3,5,7-8H,2,4,6H2,1H3. The summed E-state index contributed by atoms with van der Waals surface area (Å²) in [6.45, 7) is 1.22. The minimum atomic E-state index is -0.594. The Kier molecular flexibility index (Phi) is 3.35. The topological polar surface area (TPSA) is 90.4 Å². The average molecular weight is 335 g/mol. The number of carbonyl (C=O) groups excluding carboxylic acids is 4. The van der Waals surface area contributed by atoms with E-state index >= 15 is 0 Å². The number of ether oxygens (including phenoxy) is 1. The minimum Gasteiger partial charge on any atom is -0.426 e. The zero-order valence-electron chi connectivity index (χ0n) is 13.4. The lowest BCUT2D eigenvalue weighted by Gasteiger charge is -2.24. The minimum absolute atomic E-state index is 0.00789. The van der Waals surface area contributed by atoms with Gasteiger partial charge in [0.1, 0.15) is 11.4 Å². The Balaban J connectivity index is 2.00. The maximum Gasteiger partial charge on any atom is 0.308 e. The van der Waals surface area contributed by atoms with Crippen molar-refractivity contribution < 1.29 is 23.9 Å². The molecule has 0 saturated heterocycles. The summed E-state index contributed by atoms with van der Waals surface area (Å²) < 4.78 is 5.10. The molecule has 1 heterocycles. The van der Waals surface area contributed by atoms with Crippen LogP contribution in [0.3, 0.4) is 0 Å². The van der Waals surface area contributed by atoms with E-state index in [1.807, 2.05) is 0 Å². The van der Waals surface area contributed by atoms with Gasteiger partial charge in [0.2, 0.25) is 11.6 Å². The number of aromatic nitrogens is 1. The number of hydrogen-bond acceptors (Lipinski definition) is 6. The molecule has 6 nitrogen and oxygen atoms in total. The maximum absolute atomic E-state index is 13.1. The lowest BCUT2D eigenvalue weighted by molar-refractivity contribution is -0.131. The fourth-order valence-electron chi connectivity index (χ4n) is 3.46. The fourth-order valence-corrected chi connectivity index (χ4v) is 3.46. The molecule has 0 fully saturated rings. The SMILES string of the molecule is CC(=O)Oc1cccc2c1C(=O)c1c(ncc3c1C(=O)CCC3)C2=O. The molecule has 0 aliphatic heterocycles. The number of aryl methyl sites for hydroxylation is 1. The van der Waals surface area contributed by atoms with Crippen LogP contribution in [-0.2, 0) is 11.2 Å². The molecule has 0 radical (unpaired) electrons. The second-order valence-electron chi connectivity index (χ2n) is 6.09. The summed E-state index contributed by atoms with van der Waals surface area (Å²) in [7, 11) is 0. The summed E-state index contributed by atoms with van der Waals surface area (Å²) in [6, 6.07) is 4.49. The van der Waals surface area contributed by atoms with Crippen molar-refractivity contribution >= 4 is 23.3 Å². The van der Waals surface area contributed by atoms with Crippen LogP contribution < -0.4 is 4.74 Å². The molecule has 0 spiro atoms. The third-order valence-corrected chi connectivity index (χ3v) is 4.48. The number of ketones is 3. The van der Waals surface area contributed by atoms with Crippen molar-refractivity contribution in [1.29, 1.82) is 0 Å². The van der Waals surface area contributed by atoms with Crippen LogP contribution >= 0.6 is 0 Å². The van der Waals surface area contributed by atoms with Crippen molar-refractivity contribution in [3.05, 3.63) is 57.9 Å². The molecule has 4 rings (SSSR count). The number of esters is 1. The first-order valence-electron chi connectivity index (χ1n) is 7.95. The smallest absolute Gasteiger partial charge is 0.308 e. The number of rotatable bonds is 1. The molecule has 0 unspecified atom stereocenters. The lowest BCUT2D eigenvalue weighted by atomic mass is 9.79. The molecule has 2 aliphatic carbocycles. The number of nitrogens with zero attached hydrogens (tertiary/aromatic N) is 1. The van der Waals surface area contributed by atoms with Crippen LogP contribution in [-0.4, -0.2) is 28.3 Å². The Bertz CT molecular complexity index is 990. The highest BCUT2D eigenvalue weighted by molar-refractivity contribution is 6.31. The number of carbonyl (C=O) groups is 4. The number of pyridine rings is 1. The van der Waals surface area contributed by atoms with Crippen LogP contribution in [0.15, 0.2) is 24.4 Å². The predicted octanol–water partition coefficient (Wildman–Crippen LogP) is 2.30. The van der Waals surface area contributed by atoms with Crippen LogP contribution in [0.2, 0.25) is 0 Å². The van der Waals surface area contributed by atoms with E-state index in [4.69, 9.17) is 4.74 Å². The zero-order valence-corrected chi connectivity index (χ0v) is 13.4. The van der Waals surface area contributed by atoms with Crippen molar-refractivity contribution in [3.63, 3.8) is 0 Å². The second kappa shape index (κ2) is 5.44. The third kappa shape index (κ3) is 2.21. The molecule has 2 aliphatic rings. The van der Waals surface area contributed by atoms with Gasteiger partial charge in [-0.25, -0.2) is 0 Å². The zero-order chi connectivity index (χ0) is 17.7. The molecule has 0 bridgehead atoms. The van der Waals surface area contributed by atoms with Gasteiger partial charge in [0.25, 0.3) is 0 Å². The Hall–Kier alpha value is -3.15. The van der Waals surface area contributed by atoms with Crippen molar-refractivity contribution in [1.82, 2.24) is 4.98 Å². The third-order valence-electron chi connectivity index (χ3n) is 4.48. The number of Topliss-reactive ketones (excluding diaryl/α,β-unsaturated/α-hetero) is 1. The summed E-state index contributed by atoms with van der Waals surface area (Å²) >= 11 is 0. The summed E-state index contributed by atoms with van der Waals surface area (Å²) in [6.07, 6.45) is 3.19. The van der Waals surface area contributed by atoms with E-state index in [0.29, 0.717) is 24.8 Å². The van der Waals surface area contributed by atoms with Gasteiger partial charge < -0.3 is 4.74 Å². The van der Waals surface area contributed by atoms with Crippen molar-refractivity contribution in [2.24, 2.45) is 0 Å². The molecule has 1 aromatic heterocycles. The van der Waals surface area contributed by atoms with Gasteiger partial charge in [-0.1, -0.05) is 6.07 Å². The number of hydrogen-bond donors (Lipinski definition) is 0. The van der Waals surface area contributed by atoms with Crippen LogP contribution in [0.4, 0.5) is 0 Å². The second-order valence-corrected chi connectivity index (χ2v) is 6.09. The molecular formula is C19H13NO5. The summed E-state index contributed by atoms with van der Waals surface area (Å²) in [4.78, 5) is 53.9. The molecule has 6 heteroatoms. The van der Waals surface area contributed by atoms with E-state index < -0.39 is 17.5 Å². The van der Waals surface area contributed by atoms with Gasteiger partial charge in [-0.2, -0.15) is 0 Å². The number of benzene rings is 1. The highest BCUT2D eigenvalue weighted by Gasteiger charge is 2.38. The molecule has 0 amide bonds. The van der Waals surface area contributed by atoms with Gasteiger partial charge in [-0.05, 0) is 30.5 Å². The van der Waals surface area contributed by atoms with Crippen LogP contribution in [0.25, 0.3) is 0 Å². The molecule has 25 heavy (non-hydrogen) atoms. The van der Waals surface area contributed by atoms with Crippen LogP contribution in [0, 0.1) is 0 Å². The molecule has 0 atom stereocenters. The van der Waals surface area contributed by atoms with Gasteiger partial charge in [0.05, 0.1) is 11.1 Å². The Morgan fingerprint density at radius 3 is 2.60 bits per heavy atom. The van der Waals surface area contributed by atoms with E-state index in [9.17, 15) is 19.2 Å². The molecule has 0 N–H and O–H groups in total. The van der Waals surface area contributed by atoms with Crippen molar-refractivity contribution in [3.8, 4) is 5.75 Å². The van der Waals surface area contributed by atoms with Gasteiger partial charge in [-0.15, -0.1) is 0 Å². The fraction of sp³-hybridized carbons (Fsp3) is 0.211. The van der Waals surface area contributed by atoms with Crippen LogP contribution in [0.5, 0.6) is 5.75 Å². The molecular weight excluding hydrogens is 322 g/mol. The van der Waals surface area contributed by atoms with E-state index in [-0.39, 0.29) is 39.5 Å². The average Bonchev–Trinajstić information content (AvgIpc) is 2.58. The Morgan fingerprint density at radius 2 is 1.84 bits per heavy atom. The van der Waals surface area contributed by atoms with Gasteiger partial charge in [0, 0.05) is 30.7 Å². The van der Waals surface area contributed by atoms with E-state index in [0.717, 1.165) is 0 Å². The molecule has 0 saturated carbocycles. The van der Waals surface area contributed by atoms with E-state index in [2.05, 4.69) is 4.98 Å².